The SMILES string of the molecule is CCNC(c1ccsc1)c1cccc(F)c1Br. The Hall–Kier alpha value is -0.710. The van der Waals surface area contributed by atoms with Gasteiger partial charge < -0.3 is 5.32 Å². The topological polar surface area (TPSA) is 12.0 Å². The lowest BCUT2D eigenvalue weighted by Crippen LogP contribution is -2.22. The summed E-state index contributed by atoms with van der Waals surface area (Å²) in [7, 11) is 0. The van der Waals surface area contributed by atoms with Gasteiger partial charge in [-0.15, -0.1) is 0 Å². The Morgan fingerprint density at radius 3 is 2.88 bits per heavy atom. The summed E-state index contributed by atoms with van der Waals surface area (Å²) in [5, 5.41) is 7.50. The summed E-state index contributed by atoms with van der Waals surface area (Å²) < 4.78 is 14.1. The number of rotatable bonds is 4. The second-order valence-electron chi connectivity index (χ2n) is 3.69. The number of hydrogen-bond donors (Lipinski definition) is 1. The van der Waals surface area contributed by atoms with Crippen LogP contribution in [0.1, 0.15) is 24.1 Å². The van der Waals surface area contributed by atoms with Crippen molar-refractivity contribution in [1.82, 2.24) is 5.32 Å². The Morgan fingerprint density at radius 2 is 2.24 bits per heavy atom. The van der Waals surface area contributed by atoms with Crippen LogP contribution in [-0.2, 0) is 0 Å². The van der Waals surface area contributed by atoms with Crippen LogP contribution in [-0.4, -0.2) is 6.54 Å². The lowest BCUT2D eigenvalue weighted by atomic mass is 10.0. The van der Waals surface area contributed by atoms with Crippen molar-refractivity contribution in [2.75, 3.05) is 6.54 Å². The predicted octanol–water partition coefficient (Wildman–Crippen LogP) is 4.35. The maximum atomic E-state index is 13.5. The zero-order valence-corrected chi connectivity index (χ0v) is 11.8. The van der Waals surface area contributed by atoms with Crippen molar-refractivity contribution in [3.05, 3.63) is 56.4 Å². The largest absolute Gasteiger partial charge is 0.306 e. The third kappa shape index (κ3) is 2.76. The normalized spacial score (nSPS) is 12.6. The minimum atomic E-state index is -0.222. The molecule has 0 aliphatic carbocycles. The monoisotopic (exact) mass is 313 g/mol. The van der Waals surface area contributed by atoms with E-state index in [0.29, 0.717) is 4.47 Å². The van der Waals surface area contributed by atoms with Crippen LogP contribution < -0.4 is 5.32 Å². The van der Waals surface area contributed by atoms with Gasteiger partial charge in [0.25, 0.3) is 0 Å². The Morgan fingerprint density at radius 1 is 1.41 bits per heavy atom. The zero-order chi connectivity index (χ0) is 12.3. The van der Waals surface area contributed by atoms with Crippen molar-refractivity contribution in [2.45, 2.75) is 13.0 Å². The molecule has 90 valence electrons. The molecule has 1 aromatic carbocycles. The van der Waals surface area contributed by atoms with Gasteiger partial charge >= 0.3 is 0 Å². The Labute approximate surface area is 113 Å². The third-order valence-corrected chi connectivity index (χ3v) is 4.12. The number of halogens is 2. The van der Waals surface area contributed by atoms with E-state index in [0.717, 1.165) is 12.1 Å². The van der Waals surface area contributed by atoms with Crippen molar-refractivity contribution >= 4 is 27.3 Å². The molecule has 0 radical (unpaired) electrons. The van der Waals surface area contributed by atoms with Gasteiger partial charge in [-0.1, -0.05) is 19.1 Å². The van der Waals surface area contributed by atoms with Crippen LogP contribution in [0.15, 0.2) is 39.5 Å². The summed E-state index contributed by atoms with van der Waals surface area (Å²) in [6.07, 6.45) is 0. The Balaban J connectivity index is 2.43. The van der Waals surface area contributed by atoms with Gasteiger partial charge in [0, 0.05) is 0 Å². The van der Waals surface area contributed by atoms with Crippen molar-refractivity contribution in [2.24, 2.45) is 0 Å². The highest BCUT2D eigenvalue weighted by molar-refractivity contribution is 9.10. The molecule has 0 amide bonds. The minimum Gasteiger partial charge on any atom is -0.306 e. The van der Waals surface area contributed by atoms with Crippen molar-refractivity contribution in [3.63, 3.8) is 0 Å². The molecule has 0 spiro atoms. The molecule has 1 atom stereocenters. The second-order valence-corrected chi connectivity index (χ2v) is 5.26. The number of benzene rings is 1. The maximum absolute atomic E-state index is 13.5. The van der Waals surface area contributed by atoms with Gasteiger partial charge in [-0.3, -0.25) is 0 Å². The van der Waals surface area contributed by atoms with Crippen LogP contribution in [0.3, 0.4) is 0 Å². The van der Waals surface area contributed by atoms with Crippen LogP contribution in [0.5, 0.6) is 0 Å². The molecular weight excluding hydrogens is 301 g/mol. The van der Waals surface area contributed by atoms with Crippen LogP contribution >= 0.6 is 27.3 Å². The third-order valence-electron chi connectivity index (χ3n) is 2.58. The summed E-state index contributed by atoms with van der Waals surface area (Å²) in [6.45, 7) is 2.88. The van der Waals surface area contributed by atoms with Crippen molar-refractivity contribution in [3.8, 4) is 0 Å². The molecule has 1 heterocycles. The second kappa shape index (κ2) is 5.76. The van der Waals surface area contributed by atoms with Crippen LogP contribution in [0.25, 0.3) is 0 Å². The highest BCUT2D eigenvalue weighted by Gasteiger charge is 2.17. The molecule has 0 saturated heterocycles. The summed E-state index contributed by atoms with van der Waals surface area (Å²) in [6, 6.07) is 7.25. The smallest absolute Gasteiger partial charge is 0.137 e. The van der Waals surface area contributed by atoms with Gasteiger partial charge in [0.15, 0.2) is 0 Å². The van der Waals surface area contributed by atoms with Gasteiger partial charge in [0.1, 0.15) is 5.82 Å². The Kier molecular flexibility index (Phi) is 4.31. The average molecular weight is 314 g/mol. The highest BCUT2D eigenvalue weighted by Crippen LogP contribution is 2.31. The number of nitrogens with one attached hydrogen (secondary N) is 1. The average Bonchev–Trinajstić information content (AvgIpc) is 2.84. The van der Waals surface area contributed by atoms with Crippen LogP contribution in [0.4, 0.5) is 4.39 Å². The van der Waals surface area contributed by atoms with E-state index < -0.39 is 0 Å². The minimum absolute atomic E-state index is 0.0383. The first-order valence-electron chi connectivity index (χ1n) is 5.43. The summed E-state index contributed by atoms with van der Waals surface area (Å²) in [5.41, 5.74) is 2.11. The molecule has 2 aromatic rings. The van der Waals surface area contributed by atoms with Gasteiger partial charge in [-0.2, -0.15) is 11.3 Å². The van der Waals surface area contributed by atoms with Crippen LogP contribution in [0, 0.1) is 5.82 Å². The molecule has 1 aromatic heterocycles. The first-order valence-corrected chi connectivity index (χ1v) is 7.17. The van der Waals surface area contributed by atoms with E-state index >= 15 is 0 Å². The molecule has 4 heteroatoms. The van der Waals surface area contributed by atoms with E-state index in [-0.39, 0.29) is 11.9 Å². The first-order chi connectivity index (χ1) is 8.24. The fourth-order valence-corrected chi connectivity index (χ4v) is 2.97. The van der Waals surface area contributed by atoms with E-state index in [9.17, 15) is 4.39 Å². The molecule has 17 heavy (non-hydrogen) atoms. The van der Waals surface area contributed by atoms with Gasteiger partial charge in [-0.25, -0.2) is 4.39 Å². The van der Waals surface area contributed by atoms with Crippen molar-refractivity contribution in [1.29, 1.82) is 0 Å². The molecule has 1 nitrogen and oxygen atoms in total. The standard InChI is InChI=1S/C13H13BrFNS/c1-2-16-13(9-6-7-17-8-9)10-4-3-5-11(15)12(10)14/h3-8,13,16H,2H2,1H3. The summed E-state index contributed by atoms with van der Waals surface area (Å²) in [4.78, 5) is 0. The van der Waals surface area contributed by atoms with E-state index in [1.165, 1.54) is 11.6 Å². The quantitative estimate of drug-likeness (QED) is 0.885. The number of thiophene rings is 1. The highest BCUT2D eigenvalue weighted by atomic mass is 79.9. The van der Waals surface area contributed by atoms with Gasteiger partial charge in [0.05, 0.1) is 10.5 Å². The Bertz CT molecular complexity index is 484. The van der Waals surface area contributed by atoms with Crippen molar-refractivity contribution < 1.29 is 4.39 Å². The van der Waals surface area contributed by atoms with Gasteiger partial charge in [0.2, 0.25) is 0 Å². The molecule has 0 aliphatic heterocycles. The zero-order valence-electron chi connectivity index (χ0n) is 9.41. The molecule has 1 unspecified atom stereocenters. The summed E-state index contributed by atoms with van der Waals surface area (Å²) >= 11 is 4.97. The lowest BCUT2D eigenvalue weighted by molar-refractivity contribution is 0.596. The van der Waals surface area contributed by atoms with E-state index in [4.69, 9.17) is 0 Å². The number of hydrogen-bond acceptors (Lipinski definition) is 2. The molecule has 2 rings (SSSR count). The molecule has 0 bridgehead atoms. The predicted molar refractivity (Wildman–Crippen MR) is 73.9 cm³/mol. The van der Waals surface area contributed by atoms with E-state index in [2.05, 4.69) is 32.7 Å². The van der Waals surface area contributed by atoms with E-state index in [1.54, 1.807) is 17.4 Å². The molecule has 0 saturated carbocycles. The fourth-order valence-electron chi connectivity index (χ4n) is 1.79. The molecule has 0 aliphatic rings. The fraction of sp³-hybridized carbons (Fsp3) is 0.231. The van der Waals surface area contributed by atoms with Crippen LogP contribution in [0.2, 0.25) is 0 Å². The van der Waals surface area contributed by atoms with Gasteiger partial charge in [-0.05, 0) is 56.5 Å². The maximum Gasteiger partial charge on any atom is 0.137 e. The van der Waals surface area contributed by atoms with E-state index in [1.807, 2.05) is 18.4 Å². The summed E-state index contributed by atoms with van der Waals surface area (Å²) in [5.74, 6) is -0.222. The first kappa shape index (κ1) is 12.7. The molecular formula is C13H13BrFNS. The molecule has 0 fully saturated rings. The lowest BCUT2D eigenvalue weighted by Gasteiger charge is -2.19. The molecule has 1 N–H and O–H groups in total.